The van der Waals surface area contributed by atoms with Crippen molar-refractivity contribution in [3.8, 4) is 5.75 Å². The molecule has 2 aromatic carbocycles. The summed E-state index contributed by atoms with van der Waals surface area (Å²) < 4.78 is 0. The van der Waals surface area contributed by atoms with Gasteiger partial charge in [0.2, 0.25) is 5.91 Å². The van der Waals surface area contributed by atoms with Gasteiger partial charge in [0, 0.05) is 6.42 Å². The second-order valence-electron chi connectivity index (χ2n) is 4.15. The number of hydrogen-bond acceptors (Lipinski definition) is 4. The predicted octanol–water partition coefficient (Wildman–Crippen LogP) is 1.62. The van der Waals surface area contributed by atoms with Gasteiger partial charge in [-0.05, 0) is 22.9 Å². The van der Waals surface area contributed by atoms with Crippen LogP contribution in [0.25, 0.3) is 10.8 Å². The van der Waals surface area contributed by atoms with Gasteiger partial charge >= 0.3 is 5.97 Å². The highest BCUT2D eigenvalue weighted by Gasteiger charge is 2.04. The average Bonchev–Trinajstić information content (AvgIpc) is 2.45. The first-order valence-corrected chi connectivity index (χ1v) is 6.06. The molecule has 0 aromatic heterocycles. The number of carboxylic acid groups (broad SMARTS) is 1. The van der Waals surface area contributed by atoms with Crippen LogP contribution in [0.1, 0.15) is 12.8 Å². The van der Waals surface area contributed by atoms with Gasteiger partial charge in [-0.2, -0.15) is 0 Å². The predicted molar refractivity (Wildman–Crippen MR) is 72.7 cm³/mol. The summed E-state index contributed by atoms with van der Waals surface area (Å²) in [5.74, 6) is -0.925. The van der Waals surface area contributed by atoms with Crippen molar-refractivity contribution in [1.29, 1.82) is 0 Å². The molecule has 0 aliphatic carbocycles. The van der Waals surface area contributed by atoms with E-state index in [4.69, 9.17) is 9.94 Å². The number of hydrogen-bond donors (Lipinski definition) is 3. The van der Waals surface area contributed by atoms with Gasteiger partial charge in [-0.15, -0.1) is 0 Å². The fraction of sp³-hybridized carbons (Fsp3) is 0.143. The minimum absolute atomic E-state index is 0.108. The fourth-order valence-corrected chi connectivity index (χ4v) is 1.66. The van der Waals surface area contributed by atoms with Gasteiger partial charge in [0.25, 0.3) is 0 Å². The molecule has 20 heavy (non-hydrogen) atoms. The molecule has 0 radical (unpaired) electrons. The molecule has 0 aliphatic rings. The van der Waals surface area contributed by atoms with Crippen LogP contribution in [-0.2, 0) is 9.59 Å². The zero-order valence-corrected chi connectivity index (χ0v) is 10.6. The summed E-state index contributed by atoms with van der Waals surface area (Å²) in [7, 11) is 0. The Morgan fingerprint density at radius 2 is 1.80 bits per heavy atom. The molecule has 0 atom stereocenters. The molecular weight excluding hydrogens is 260 g/mol. The van der Waals surface area contributed by atoms with E-state index >= 15 is 0 Å². The molecule has 6 nitrogen and oxygen atoms in total. The number of benzene rings is 2. The van der Waals surface area contributed by atoms with Crippen LogP contribution in [0, 0.1) is 0 Å². The van der Waals surface area contributed by atoms with E-state index in [2.05, 4.69) is 11.0 Å². The second-order valence-corrected chi connectivity index (χ2v) is 4.15. The summed E-state index contributed by atoms with van der Waals surface area (Å²) >= 11 is 0. The third-order valence-electron chi connectivity index (χ3n) is 2.65. The van der Waals surface area contributed by atoms with Crippen molar-refractivity contribution in [2.24, 2.45) is 0 Å². The lowest BCUT2D eigenvalue weighted by molar-refractivity contribution is -0.139. The molecule has 1 amide bonds. The standard InChI is InChI=1S/C14H14N2O4/c17-13(7-8-14(18)19)15-16-20-12-6-5-10-3-1-2-4-11(10)9-12/h1-6,9,16H,7-8H2,(H,15,17)(H,18,19). The lowest BCUT2D eigenvalue weighted by Crippen LogP contribution is -2.39. The highest BCUT2D eigenvalue weighted by Crippen LogP contribution is 2.19. The summed E-state index contributed by atoms with van der Waals surface area (Å²) in [4.78, 5) is 26.7. The number of rotatable bonds is 6. The van der Waals surface area contributed by atoms with E-state index in [0.29, 0.717) is 5.75 Å². The van der Waals surface area contributed by atoms with Gasteiger partial charge in [0.1, 0.15) is 5.75 Å². The van der Waals surface area contributed by atoms with Crippen LogP contribution in [0.4, 0.5) is 0 Å². The Bertz CT molecular complexity index is 627. The van der Waals surface area contributed by atoms with Gasteiger partial charge < -0.3 is 9.94 Å². The maximum atomic E-state index is 11.2. The first-order valence-electron chi connectivity index (χ1n) is 6.06. The first-order chi connectivity index (χ1) is 9.65. The Morgan fingerprint density at radius 1 is 1.05 bits per heavy atom. The number of hydrazine groups is 1. The van der Waals surface area contributed by atoms with Crippen molar-refractivity contribution in [3.63, 3.8) is 0 Å². The molecule has 0 aliphatic heterocycles. The van der Waals surface area contributed by atoms with E-state index in [-0.39, 0.29) is 12.8 Å². The average molecular weight is 274 g/mol. The summed E-state index contributed by atoms with van der Waals surface area (Å²) in [6.45, 7) is 0. The van der Waals surface area contributed by atoms with Crippen molar-refractivity contribution >= 4 is 22.6 Å². The van der Waals surface area contributed by atoms with Crippen molar-refractivity contribution in [2.45, 2.75) is 12.8 Å². The Kier molecular flexibility index (Phi) is 4.52. The smallest absolute Gasteiger partial charge is 0.303 e. The van der Waals surface area contributed by atoms with E-state index < -0.39 is 11.9 Å². The molecule has 3 N–H and O–H groups in total. The van der Waals surface area contributed by atoms with Crippen LogP contribution in [-0.4, -0.2) is 17.0 Å². The van der Waals surface area contributed by atoms with Crippen molar-refractivity contribution in [3.05, 3.63) is 42.5 Å². The van der Waals surface area contributed by atoms with Crippen LogP contribution in [0.5, 0.6) is 5.75 Å². The molecule has 0 saturated carbocycles. The van der Waals surface area contributed by atoms with E-state index in [1.165, 1.54) is 0 Å². The Labute approximate surface area is 115 Å². The van der Waals surface area contributed by atoms with Gasteiger partial charge in [0.15, 0.2) is 0 Å². The molecular formula is C14H14N2O4. The van der Waals surface area contributed by atoms with Crippen LogP contribution < -0.4 is 15.9 Å². The number of fused-ring (bicyclic) bond motifs is 1. The van der Waals surface area contributed by atoms with E-state index in [9.17, 15) is 9.59 Å². The Morgan fingerprint density at radius 3 is 2.55 bits per heavy atom. The van der Waals surface area contributed by atoms with Crippen LogP contribution >= 0.6 is 0 Å². The number of carbonyl (C=O) groups excluding carboxylic acids is 1. The van der Waals surface area contributed by atoms with E-state index in [0.717, 1.165) is 10.8 Å². The lowest BCUT2D eigenvalue weighted by Gasteiger charge is -2.08. The molecule has 0 fully saturated rings. The van der Waals surface area contributed by atoms with Gasteiger partial charge in [-0.1, -0.05) is 35.9 Å². The molecule has 0 unspecified atom stereocenters. The highest BCUT2D eigenvalue weighted by molar-refractivity contribution is 5.83. The van der Waals surface area contributed by atoms with Crippen LogP contribution in [0.2, 0.25) is 0 Å². The maximum Gasteiger partial charge on any atom is 0.303 e. The quantitative estimate of drug-likeness (QED) is 0.697. The molecule has 2 rings (SSSR count). The van der Waals surface area contributed by atoms with Gasteiger partial charge in [0.05, 0.1) is 6.42 Å². The normalized spacial score (nSPS) is 10.2. The number of amides is 1. The highest BCUT2D eigenvalue weighted by atomic mass is 16.7. The second kappa shape index (κ2) is 6.53. The minimum Gasteiger partial charge on any atom is -0.481 e. The monoisotopic (exact) mass is 274 g/mol. The first kappa shape index (κ1) is 13.8. The van der Waals surface area contributed by atoms with Crippen molar-refractivity contribution < 1.29 is 19.5 Å². The topological polar surface area (TPSA) is 87.7 Å². The SMILES string of the molecule is O=C(O)CCC(=O)NNOc1ccc2ccccc2c1. The zero-order chi connectivity index (χ0) is 14.4. The van der Waals surface area contributed by atoms with Gasteiger partial charge in [-0.3, -0.25) is 15.0 Å². The van der Waals surface area contributed by atoms with Crippen molar-refractivity contribution in [2.75, 3.05) is 0 Å². The summed E-state index contributed by atoms with van der Waals surface area (Å²) in [6, 6.07) is 13.3. The number of aliphatic carboxylic acids is 1. The minimum atomic E-state index is -1.02. The van der Waals surface area contributed by atoms with Crippen LogP contribution in [0.3, 0.4) is 0 Å². The third kappa shape index (κ3) is 3.96. The van der Waals surface area contributed by atoms with Crippen LogP contribution in [0.15, 0.2) is 42.5 Å². The molecule has 0 heterocycles. The summed E-state index contributed by atoms with van der Waals surface area (Å²) in [6.07, 6.45) is -0.326. The zero-order valence-electron chi connectivity index (χ0n) is 10.6. The fourth-order valence-electron chi connectivity index (χ4n) is 1.66. The third-order valence-corrected chi connectivity index (χ3v) is 2.65. The largest absolute Gasteiger partial charge is 0.481 e. The van der Waals surface area contributed by atoms with E-state index in [1.807, 2.05) is 36.4 Å². The summed E-state index contributed by atoms with van der Waals surface area (Å²) in [5.41, 5.74) is 4.56. The lowest BCUT2D eigenvalue weighted by atomic mass is 10.1. The number of carbonyl (C=O) groups is 2. The summed E-state index contributed by atoms with van der Waals surface area (Å²) in [5, 5.41) is 10.5. The number of carboxylic acids is 1. The van der Waals surface area contributed by atoms with E-state index in [1.54, 1.807) is 6.07 Å². The van der Waals surface area contributed by atoms with Crippen molar-refractivity contribution in [1.82, 2.24) is 11.0 Å². The Hall–Kier alpha value is -2.60. The molecule has 104 valence electrons. The molecule has 0 bridgehead atoms. The molecule has 0 spiro atoms. The number of nitrogens with one attached hydrogen (secondary N) is 2. The molecule has 0 saturated heterocycles. The molecule has 6 heteroatoms. The maximum absolute atomic E-state index is 11.2. The molecule has 2 aromatic rings. The van der Waals surface area contributed by atoms with Gasteiger partial charge in [-0.25, -0.2) is 0 Å². The Balaban J connectivity index is 1.83.